The molecule has 1 aromatic carbocycles. The van der Waals surface area contributed by atoms with Crippen LogP contribution in [0, 0.1) is 0 Å². The lowest BCUT2D eigenvalue weighted by Gasteiger charge is -2.07. The smallest absolute Gasteiger partial charge is 0.303 e. The molecular formula is C10H12O2. The first kappa shape index (κ1) is 6.23. The number of hydrogen-bond donors (Lipinski definition) is 1. The van der Waals surface area contributed by atoms with E-state index >= 15 is 0 Å². The molecule has 64 valence electrons. The van der Waals surface area contributed by atoms with Crippen LogP contribution in [-0.2, 0) is 4.79 Å². The molecule has 1 rings (SSSR count). The van der Waals surface area contributed by atoms with Gasteiger partial charge in [0.05, 0.1) is 6.40 Å². The van der Waals surface area contributed by atoms with Gasteiger partial charge in [-0.2, -0.15) is 0 Å². The molecule has 0 heterocycles. The minimum atomic E-state index is -1.47. The molecule has 1 N–H and O–H groups in total. The van der Waals surface area contributed by atoms with Crippen LogP contribution in [-0.4, -0.2) is 11.1 Å². The monoisotopic (exact) mass is 166 g/mol. The Kier molecular flexibility index (Phi) is 2.03. The van der Waals surface area contributed by atoms with E-state index in [1.165, 1.54) is 6.92 Å². The molecule has 1 aromatic rings. The van der Waals surface area contributed by atoms with Gasteiger partial charge in [0.15, 0.2) is 0 Å². The molecule has 0 amide bonds. The Bertz CT molecular complexity index is 322. The van der Waals surface area contributed by atoms with Crippen molar-refractivity contribution in [1.29, 1.82) is 0 Å². The van der Waals surface area contributed by atoms with Crippen LogP contribution in [0.4, 0.5) is 0 Å². The normalized spacial score (nSPS) is 20.1. The Morgan fingerprint density at radius 3 is 2.75 bits per heavy atom. The maximum Gasteiger partial charge on any atom is 0.303 e. The summed E-state index contributed by atoms with van der Waals surface area (Å²) in [7, 11) is 0. The van der Waals surface area contributed by atoms with Gasteiger partial charge in [-0.15, -0.1) is 0 Å². The van der Waals surface area contributed by atoms with Crippen LogP contribution in [0.2, 0.25) is 0 Å². The summed E-state index contributed by atoms with van der Waals surface area (Å²) in [6.45, 7) is 1.44. The Morgan fingerprint density at radius 2 is 2.25 bits per heavy atom. The molecule has 12 heavy (non-hydrogen) atoms. The number of aliphatic carboxylic acids is 1. The summed E-state index contributed by atoms with van der Waals surface area (Å²) in [6, 6.07) is 8.58. The van der Waals surface area contributed by atoms with E-state index in [0.29, 0.717) is 5.56 Å². The van der Waals surface area contributed by atoms with E-state index < -0.39 is 18.3 Å². The van der Waals surface area contributed by atoms with E-state index in [2.05, 4.69) is 0 Å². The van der Waals surface area contributed by atoms with Gasteiger partial charge in [-0.1, -0.05) is 37.3 Å². The second kappa shape index (κ2) is 3.90. The number of hydrogen-bond acceptors (Lipinski definition) is 1. The fourth-order valence-electron chi connectivity index (χ4n) is 0.970. The average molecular weight is 166 g/mol. The molecule has 0 aliphatic heterocycles. The van der Waals surface area contributed by atoms with Crippen molar-refractivity contribution in [2.45, 2.75) is 19.2 Å². The highest BCUT2D eigenvalue weighted by Gasteiger charge is 2.08. The first-order valence-electron chi connectivity index (χ1n) is 4.74. The number of benzene rings is 1. The summed E-state index contributed by atoms with van der Waals surface area (Å²) in [5.41, 5.74) is 0.544. The van der Waals surface area contributed by atoms with E-state index in [-0.39, 0.29) is 0 Å². The van der Waals surface area contributed by atoms with E-state index in [1.807, 2.05) is 0 Å². The third-order valence-electron chi connectivity index (χ3n) is 1.57. The van der Waals surface area contributed by atoms with Gasteiger partial charge in [-0.05, 0) is 11.5 Å². The van der Waals surface area contributed by atoms with Crippen molar-refractivity contribution < 1.29 is 12.6 Å². The van der Waals surface area contributed by atoms with Gasteiger partial charge < -0.3 is 5.11 Å². The van der Waals surface area contributed by atoms with Crippen LogP contribution in [0.15, 0.2) is 30.3 Å². The van der Waals surface area contributed by atoms with Crippen LogP contribution in [0.1, 0.15) is 27.5 Å². The van der Waals surface area contributed by atoms with Gasteiger partial charge in [0.1, 0.15) is 0 Å². The average Bonchev–Trinajstić information content (AvgIpc) is 2.18. The van der Waals surface area contributed by atoms with Crippen molar-refractivity contribution in [2.75, 3.05) is 0 Å². The zero-order valence-corrected chi connectivity index (χ0v) is 6.82. The number of carboxylic acid groups (broad SMARTS) is 1. The lowest BCUT2D eigenvalue weighted by atomic mass is 9.98. The molecule has 0 spiro atoms. The van der Waals surface area contributed by atoms with Gasteiger partial charge in [-0.25, -0.2) is 0 Å². The highest BCUT2D eigenvalue weighted by Crippen LogP contribution is 2.17. The van der Waals surface area contributed by atoms with Crippen molar-refractivity contribution in [1.82, 2.24) is 0 Å². The van der Waals surface area contributed by atoms with Crippen molar-refractivity contribution in [2.24, 2.45) is 0 Å². The Balaban J connectivity index is 3.02. The molecule has 0 aromatic heterocycles. The fraction of sp³-hybridized carbons (Fsp3) is 0.300. The Hall–Kier alpha value is -1.31. The lowest BCUT2D eigenvalue weighted by Crippen LogP contribution is -2.02. The third-order valence-corrected chi connectivity index (χ3v) is 1.57. The van der Waals surface area contributed by atoms with E-state index in [0.717, 1.165) is 0 Å². The van der Waals surface area contributed by atoms with Crippen LogP contribution in [0.25, 0.3) is 0 Å². The zero-order chi connectivity index (χ0) is 10.8. The molecule has 0 saturated heterocycles. The SMILES string of the molecule is [2H][C@@H](C(=O)O)[C@@]([2H])(C)c1ccccc1. The maximum atomic E-state index is 10.6. The van der Waals surface area contributed by atoms with E-state index in [1.54, 1.807) is 30.3 Å². The minimum absolute atomic E-state index is 0.544. The molecule has 0 aliphatic rings. The lowest BCUT2D eigenvalue weighted by molar-refractivity contribution is -0.137. The molecule has 2 atom stereocenters. The van der Waals surface area contributed by atoms with Crippen molar-refractivity contribution in [3.05, 3.63) is 35.9 Å². The fourth-order valence-corrected chi connectivity index (χ4v) is 0.970. The first-order chi connectivity index (χ1) is 6.46. The largest absolute Gasteiger partial charge is 0.481 e. The molecule has 2 heteroatoms. The summed E-state index contributed by atoms with van der Waals surface area (Å²) >= 11 is 0. The van der Waals surface area contributed by atoms with Gasteiger partial charge in [0.25, 0.3) is 0 Å². The maximum absolute atomic E-state index is 10.6. The van der Waals surface area contributed by atoms with Crippen LogP contribution < -0.4 is 0 Å². The van der Waals surface area contributed by atoms with Gasteiger partial charge in [0, 0.05) is 2.74 Å². The Labute approximate surface area is 74.7 Å². The van der Waals surface area contributed by atoms with Crippen LogP contribution in [0.5, 0.6) is 0 Å². The van der Waals surface area contributed by atoms with Gasteiger partial charge in [0.2, 0.25) is 0 Å². The minimum Gasteiger partial charge on any atom is -0.481 e. The van der Waals surface area contributed by atoms with Gasteiger partial charge in [-0.3, -0.25) is 4.79 Å². The second-order valence-corrected chi connectivity index (χ2v) is 2.53. The molecule has 0 fully saturated rings. The molecule has 0 aliphatic carbocycles. The molecule has 2 nitrogen and oxygen atoms in total. The summed E-state index contributed by atoms with van der Waals surface area (Å²) in [5.74, 6) is -2.68. The topological polar surface area (TPSA) is 37.3 Å². The number of carboxylic acids is 1. The van der Waals surface area contributed by atoms with Crippen molar-refractivity contribution in [3.63, 3.8) is 0 Å². The van der Waals surface area contributed by atoms with Crippen molar-refractivity contribution >= 4 is 5.97 Å². The molecular weight excluding hydrogens is 152 g/mol. The van der Waals surface area contributed by atoms with Crippen LogP contribution in [0.3, 0.4) is 0 Å². The Morgan fingerprint density at radius 1 is 1.67 bits per heavy atom. The first-order valence-corrected chi connectivity index (χ1v) is 3.67. The molecule has 0 bridgehead atoms. The quantitative estimate of drug-likeness (QED) is 0.747. The molecule has 0 saturated carbocycles. The second-order valence-electron chi connectivity index (χ2n) is 2.53. The summed E-state index contributed by atoms with van der Waals surface area (Å²) in [5, 5.41) is 8.67. The molecule has 0 unspecified atom stereocenters. The summed E-state index contributed by atoms with van der Waals surface area (Å²) < 4.78 is 15.2. The predicted octanol–water partition coefficient (Wildman–Crippen LogP) is 2.26. The summed E-state index contributed by atoms with van der Waals surface area (Å²) in [6.07, 6.45) is -1.47. The van der Waals surface area contributed by atoms with E-state index in [9.17, 15) is 4.79 Å². The standard InChI is InChI=1S/C10H12O2/c1-8(7-10(11)12)9-5-3-2-4-6-9/h2-6,8H,7H2,1H3,(H,11,12)/t8-/m1/s1/i7D,8D/t7-,8-. The predicted molar refractivity (Wildman–Crippen MR) is 47.1 cm³/mol. The highest BCUT2D eigenvalue weighted by molar-refractivity contribution is 5.67. The van der Waals surface area contributed by atoms with E-state index in [4.69, 9.17) is 7.85 Å². The zero-order valence-electron chi connectivity index (χ0n) is 8.82. The number of carbonyl (C=O) groups is 1. The highest BCUT2D eigenvalue weighted by atomic mass is 16.4. The van der Waals surface area contributed by atoms with Gasteiger partial charge >= 0.3 is 5.97 Å². The third kappa shape index (κ3) is 2.38. The molecule has 0 radical (unpaired) electrons. The van der Waals surface area contributed by atoms with Crippen molar-refractivity contribution in [3.8, 4) is 0 Å². The summed E-state index contributed by atoms with van der Waals surface area (Å²) in [4.78, 5) is 10.6. The van der Waals surface area contributed by atoms with Crippen LogP contribution >= 0.6 is 0 Å². The number of rotatable bonds is 3.